The molecule has 1 amide bonds. The van der Waals surface area contributed by atoms with E-state index in [0.717, 1.165) is 45.4 Å². The molecule has 2 aliphatic rings. The first-order chi connectivity index (χ1) is 9.02. The van der Waals surface area contributed by atoms with Crippen molar-refractivity contribution in [3.63, 3.8) is 0 Å². The fraction of sp³-hybridized carbons (Fsp3) is 0.929. The van der Waals surface area contributed by atoms with Gasteiger partial charge in [-0.1, -0.05) is 6.92 Å². The van der Waals surface area contributed by atoms with Crippen LogP contribution in [0.25, 0.3) is 0 Å². The van der Waals surface area contributed by atoms with Crippen molar-refractivity contribution in [3.05, 3.63) is 0 Å². The molecule has 2 N–H and O–H groups in total. The largest absolute Gasteiger partial charge is 0.380 e. The maximum absolute atomic E-state index is 12.1. The second-order valence-electron chi connectivity index (χ2n) is 6.39. The van der Waals surface area contributed by atoms with Gasteiger partial charge in [0.1, 0.15) is 0 Å². The number of rotatable bonds is 4. The van der Waals surface area contributed by atoms with E-state index >= 15 is 0 Å². The number of nitrogens with one attached hydrogen (secondary N) is 2. The van der Waals surface area contributed by atoms with Gasteiger partial charge in [-0.05, 0) is 44.8 Å². The Bertz CT molecular complexity index is 314. The van der Waals surface area contributed by atoms with Crippen molar-refractivity contribution >= 4 is 5.91 Å². The molecule has 2 unspecified atom stereocenters. The summed E-state index contributed by atoms with van der Waals surface area (Å²) in [7, 11) is 3.86. The van der Waals surface area contributed by atoms with Crippen LogP contribution in [0.5, 0.6) is 0 Å². The van der Waals surface area contributed by atoms with Crippen molar-refractivity contribution in [2.75, 3.05) is 40.3 Å². The van der Waals surface area contributed by atoms with Crippen molar-refractivity contribution in [2.45, 2.75) is 38.3 Å². The predicted molar refractivity (Wildman–Crippen MR) is 75.1 cm³/mol. The third-order valence-corrected chi connectivity index (χ3v) is 4.62. The quantitative estimate of drug-likeness (QED) is 0.766. The number of carbonyl (C=O) groups is 1. The van der Waals surface area contributed by atoms with Crippen LogP contribution in [-0.2, 0) is 9.53 Å². The lowest BCUT2D eigenvalue weighted by Crippen LogP contribution is -2.47. The number of piperidine rings is 1. The van der Waals surface area contributed by atoms with Gasteiger partial charge in [-0.25, -0.2) is 0 Å². The predicted octanol–water partition coefficient (Wildman–Crippen LogP) is 0.211. The van der Waals surface area contributed by atoms with E-state index in [2.05, 4.69) is 29.5 Å². The Morgan fingerprint density at radius 3 is 2.74 bits per heavy atom. The zero-order valence-corrected chi connectivity index (χ0v) is 12.4. The molecular weight excluding hydrogens is 242 g/mol. The minimum absolute atomic E-state index is 0.0835. The van der Waals surface area contributed by atoms with Gasteiger partial charge in [0.15, 0.2) is 0 Å². The van der Waals surface area contributed by atoms with Gasteiger partial charge in [-0.3, -0.25) is 4.79 Å². The second kappa shape index (κ2) is 6.20. The molecule has 5 heteroatoms. The number of hydrogen-bond acceptors (Lipinski definition) is 4. The Morgan fingerprint density at radius 1 is 1.47 bits per heavy atom. The summed E-state index contributed by atoms with van der Waals surface area (Å²) in [5.41, 5.74) is 0.251. The summed E-state index contributed by atoms with van der Waals surface area (Å²) in [6.45, 7) is 6.09. The third kappa shape index (κ3) is 3.91. The molecule has 2 aliphatic heterocycles. The summed E-state index contributed by atoms with van der Waals surface area (Å²) in [6.07, 6.45) is 3.27. The van der Waals surface area contributed by atoms with E-state index in [-0.39, 0.29) is 23.5 Å². The number of hydrogen-bond donors (Lipinski definition) is 2. The van der Waals surface area contributed by atoms with E-state index in [1.807, 2.05) is 0 Å². The highest BCUT2D eigenvalue weighted by Gasteiger charge is 2.32. The van der Waals surface area contributed by atoms with Crippen LogP contribution in [0.1, 0.15) is 26.2 Å². The molecule has 2 atom stereocenters. The first kappa shape index (κ1) is 14.8. The van der Waals surface area contributed by atoms with Crippen LogP contribution in [0, 0.1) is 5.41 Å². The Morgan fingerprint density at radius 2 is 2.16 bits per heavy atom. The highest BCUT2D eigenvalue weighted by molar-refractivity contribution is 5.82. The van der Waals surface area contributed by atoms with Crippen LogP contribution in [0.2, 0.25) is 0 Å². The fourth-order valence-corrected chi connectivity index (χ4v) is 2.84. The first-order valence-electron chi connectivity index (χ1n) is 7.25. The SMILES string of the molecule is COC1CNC(C(=O)NCC2(C)CCN(C)CC2)C1. The van der Waals surface area contributed by atoms with Crippen molar-refractivity contribution < 1.29 is 9.53 Å². The molecule has 0 bridgehead atoms. The van der Waals surface area contributed by atoms with E-state index in [1.165, 1.54) is 0 Å². The summed E-state index contributed by atoms with van der Waals surface area (Å²) in [5.74, 6) is 0.125. The van der Waals surface area contributed by atoms with Gasteiger partial charge in [0.2, 0.25) is 5.91 Å². The van der Waals surface area contributed by atoms with Gasteiger partial charge in [-0.15, -0.1) is 0 Å². The first-order valence-corrected chi connectivity index (χ1v) is 7.25. The second-order valence-corrected chi connectivity index (χ2v) is 6.39. The maximum atomic E-state index is 12.1. The van der Waals surface area contributed by atoms with Gasteiger partial charge >= 0.3 is 0 Å². The fourth-order valence-electron chi connectivity index (χ4n) is 2.84. The summed E-state index contributed by atoms with van der Waals surface area (Å²) in [4.78, 5) is 14.5. The van der Waals surface area contributed by atoms with Crippen LogP contribution in [-0.4, -0.2) is 63.3 Å². The van der Waals surface area contributed by atoms with Crippen LogP contribution < -0.4 is 10.6 Å². The number of likely N-dealkylation sites (tertiary alicyclic amines) is 1. The van der Waals surface area contributed by atoms with Gasteiger partial charge in [-0.2, -0.15) is 0 Å². The molecule has 0 aliphatic carbocycles. The van der Waals surface area contributed by atoms with Crippen LogP contribution >= 0.6 is 0 Å². The van der Waals surface area contributed by atoms with Gasteiger partial charge in [0, 0.05) is 20.2 Å². The molecule has 2 fully saturated rings. The summed E-state index contributed by atoms with van der Waals surface area (Å²) in [6, 6.07) is -0.0835. The molecule has 0 aromatic carbocycles. The smallest absolute Gasteiger partial charge is 0.237 e. The lowest BCUT2D eigenvalue weighted by molar-refractivity contribution is -0.123. The summed E-state index contributed by atoms with van der Waals surface area (Å²) in [5, 5.41) is 6.34. The van der Waals surface area contributed by atoms with Crippen molar-refractivity contribution in [1.29, 1.82) is 0 Å². The molecule has 0 radical (unpaired) electrons. The molecule has 2 heterocycles. The highest BCUT2D eigenvalue weighted by atomic mass is 16.5. The van der Waals surface area contributed by atoms with Crippen LogP contribution in [0.4, 0.5) is 0 Å². The molecule has 0 spiro atoms. The Labute approximate surface area is 116 Å². The average Bonchev–Trinajstić information content (AvgIpc) is 2.89. The molecule has 0 aromatic heterocycles. The molecule has 2 saturated heterocycles. The van der Waals surface area contributed by atoms with E-state index in [1.54, 1.807) is 7.11 Å². The van der Waals surface area contributed by atoms with Gasteiger partial charge in [0.05, 0.1) is 12.1 Å². The molecule has 0 aromatic rings. The third-order valence-electron chi connectivity index (χ3n) is 4.62. The van der Waals surface area contributed by atoms with E-state index in [4.69, 9.17) is 4.74 Å². The number of ether oxygens (including phenoxy) is 1. The highest BCUT2D eigenvalue weighted by Crippen LogP contribution is 2.29. The summed E-state index contributed by atoms with van der Waals surface area (Å²) < 4.78 is 5.27. The number of carbonyl (C=O) groups excluding carboxylic acids is 1. The Hall–Kier alpha value is -0.650. The Kier molecular flexibility index (Phi) is 4.81. The van der Waals surface area contributed by atoms with Gasteiger partial charge in [0.25, 0.3) is 0 Å². The van der Waals surface area contributed by atoms with E-state index in [0.29, 0.717) is 0 Å². The Balaban J connectivity index is 1.74. The topological polar surface area (TPSA) is 53.6 Å². The molecule has 5 nitrogen and oxygen atoms in total. The zero-order chi connectivity index (χ0) is 13.9. The minimum Gasteiger partial charge on any atom is -0.380 e. The number of nitrogens with zero attached hydrogens (tertiary/aromatic N) is 1. The van der Waals surface area contributed by atoms with Crippen molar-refractivity contribution in [2.24, 2.45) is 5.41 Å². The summed E-state index contributed by atoms with van der Waals surface area (Å²) >= 11 is 0. The standard InChI is InChI=1S/C14H27N3O2/c1-14(4-6-17(2)7-5-14)10-16-13(18)12-8-11(19-3)9-15-12/h11-12,15H,4-10H2,1-3H3,(H,16,18). The lowest BCUT2D eigenvalue weighted by atomic mass is 9.80. The minimum atomic E-state index is -0.0835. The molecule has 110 valence electrons. The van der Waals surface area contributed by atoms with Crippen LogP contribution in [0.3, 0.4) is 0 Å². The monoisotopic (exact) mass is 269 g/mol. The molecule has 19 heavy (non-hydrogen) atoms. The number of amides is 1. The van der Waals surface area contributed by atoms with Crippen molar-refractivity contribution in [3.8, 4) is 0 Å². The normalized spacial score (nSPS) is 31.3. The molecular formula is C14H27N3O2. The zero-order valence-electron chi connectivity index (χ0n) is 12.4. The van der Waals surface area contributed by atoms with E-state index < -0.39 is 0 Å². The molecule has 0 saturated carbocycles. The maximum Gasteiger partial charge on any atom is 0.237 e. The average molecular weight is 269 g/mol. The van der Waals surface area contributed by atoms with Crippen molar-refractivity contribution in [1.82, 2.24) is 15.5 Å². The van der Waals surface area contributed by atoms with Gasteiger partial charge < -0.3 is 20.3 Å². The molecule has 2 rings (SSSR count). The van der Waals surface area contributed by atoms with Crippen LogP contribution in [0.15, 0.2) is 0 Å². The lowest BCUT2D eigenvalue weighted by Gasteiger charge is -2.38. The van der Waals surface area contributed by atoms with E-state index in [9.17, 15) is 4.79 Å². The number of methoxy groups -OCH3 is 1.